The van der Waals surface area contributed by atoms with Gasteiger partial charge in [-0.05, 0) is 24.1 Å². The summed E-state index contributed by atoms with van der Waals surface area (Å²) in [6.07, 6.45) is -0.594. The van der Waals surface area contributed by atoms with Crippen molar-refractivity contribution in [2.24, 2.45) is 0 Å². The molecule has 22 heavy (non-hydrogen) atoms. The third-order valence-electron chi connectivity index (χ3n) is 3.37. The standard InChI is InChI=1S/C17H23F3OSi/c1-6-8-15(21-16(7-2)22(3,4)5)13-9-11-14(12-10-13)17(18,19)20/h6-7,9-12,15-16H,1-2,8H2,3-5H3. The first-order chi connectivity index (χ1) is 10.1. The van der Waals surface area contributed by atoms with Crippen LogP contribution in [0.5, 0.6) is 0 Å². The Bertz CT molecular complexity index is 500. The van der Waals surface area contributed by atoms with Crippen LogP contribution in [0.25, 0.3) is 0 Å². The third kappa shape index (κ3) is 5.14. The van der Waals surface area contributed by atoms with Crippen molar-refractivity contribution in [2.45, 2.75) is 44.1 Å². The third-order valence-corrected chi connectivity index (χ3v) is 5.45. The molecular formula is C17H23F3OSi. The fourth-order valence-corrected chi connectivity index (χ4v) is 3.38. The Morgan fingerprint density at radius 3 is 2.05 bits per heavy atom. The molecule has 0 aromatic heterocycles. The van der Waals surface area contributed by atoms with Crippen molar-refractivity contribution in [3.05, 3.63) is 60.7 Å². The summed E-state index contributed by atoms with van der Waals surface area (Å²) < 4.78 is 44.0. The van der Waals surface area contributed by atoms with Gasteiger partial charge in [-0.1, -0.05) is 43.9 Å². The average Bonchev–Trinajstić information content (AvgIpc) is 2.41. The smallest absolute Gasteiger partial charge is 0.369 e. The predicted octanol–water partition coefficient (Wildman–Crippen LogP) is 5.77. The van der Waals surface area contributed by atoms with Crippen molar-refractivity contribution in [1.29, 1.82) is 0 Å². The Hall–Kier alpha value is -1.33. The van der Waals surface area contributed by atoms with Crippen LogP contribution >= 0.6 is 0 Å². The van der Waals surface area contributed by atoms with Crippen molar-refractivity contribution >= 4 is 8.07 Å². The Balaban J connectivity index is 3.00. The van der Waals surface area contributed by atoms with Crippen LogP contribution in [-0.2, 0) is 10.9 Å². The number of benzene rings is 1. The zero-order valence-corrected chi connectivity index (χ0v) is 14.3. The highest BCUT2D eigenvalue weighted by Crippen LogP contribution is 2.32. The Kier molecular flexibility index (Phi) is 6.20. The van der Waals surface area contributed by atoms with Crippen LogP contribution in [0.2, 0.25) is 19.6 Å². The minimum absolute atomic E-state index is 0.0697. The Labute approximate surface area is 131 Å². The molecule has 1 aromatic rings. The van der Waals surface area contributed by atoms with Crippen LogP contribution in [0.15, 0.2) is 49.6 Å². The molecule has 2 atom stereocenters. The van der Waals surface area contributed by atoms with Crippen LogP contribution in [0.3, 0.4) is 0 Å². The van der Waals surface area contributed by atoms with Crippen molar-refractivity contribution in [3.63, 3.8) is 0 Å². The van der Waals surface area contributed by atoms with Gasteiger partial charge in [0.2, 0.25) is 0 Å². The second-order valence-corrected chi connectivity index (χ2v) is 11.6. The summed E-state index contributed by atoms with van der Waals surface area (Å²) in [6.45, 7) is 14.0. The summed E-state index contributed by atoms with van der Waals surface area (Å²) >= 11 is 0. The van der Waals surface area contributed by atoms with Crippen LogP contribution in [-0.4, -0.2) is 13.8 Å². The molecule has 0 bridgehead atoms. The molecule has 0 N–H and O–H groups in total. The van der Waals surface area contributed by atoms with E-state index in [9.17, 15) is 13.2 Å². The van der Waals surface area contributed by atoms with Crippen LogP contribution in [0, 0.1) is 0 Å². The highest BCUT2D eigenvalue weighted by Gasteiger charge is 2.31. The summed E-state index contributed by atoms with van der Waals surface area (Å²) in [6, 6.07) is 5.13. The maximum Gasteiger partial charge on any atom is 0.416 e. The van der Waals surface area contributed by atoms with Gasteiger partial charge in [-0.25, -0.2) is 0 Å². The minimum atomic E-state index is -4.32. The van der Waals surface area contributed by atoms with E-state index in [1.54, 1.807) is 12.2 Å². The molecule has 0 spiro atoms. The van der Waals surface area contributed by atoms with E-state index in [1.165, 1.54) is 12.1 Å². The van der Waals surface area contributed by atoms with Crippen LogP contribution in [0.4, 0.5) is 13.2 Å². The van der Waals surface area contributed by atoms with E-state index >= 15 is 0 Å². The SMILES string of the molecule is C=CCC(OC(C=C)[Si](C)(C)C)c1ccc(C(F)(F)F)cc1. The Morgan fingerprint density at radius 1 is 1.14 bits per heavy atom. The lowest BCUT2D eigenvalue weighted by Crippen LogP contribution is -2.39. The lowest BCUT2D eigenvalue weighted by atomic mass is 10.0. The fourth-order valence-electron chi connectivity index (χ4n) is 2.10. The van der Waals surface area contributed by atoms with E-state index in [-0.39, 0.29) is 11.8 Å². The normalized spacial score (nSPS) is 15.2. The molecule has 122 valence electrons. The monoisotopic (exact) mass is 328 g/mol. The van der Waals surface area contributed by atoms with Crippen molar-refractivity contribution in [3.8, 4) is 0 Å². The van der Waals surface area contributed by atoms with Gasteiger partial charge < -0.3 is 4.74 Å². The first-order valence-corrected chi connectivity index (χ1v) is 10.7. The first-order valence-electron chi connectivity index (χ1n) is 7.15. The molecule has 1 rings (SSSR count). The van der Waals surface area contributed by atoms with Crippen molar-refractivity contribution in [2.75, 3.05) is 0 Å². The van der Waals surface area contributed by atoms with E-state index < -0.39 is 19.8 Å². The van der Waals surface area contributed by atoms with Gasteiger partial charge in [-0.2, -0.15) is 13.2 Å². The zero-order chi connectivity index (χ0) is 17.0. The summed E-state index contributed by atoms with van der Waals surface area (Å²) in [4.78, 5) is 0. The second kappa shape index (κ2) is 7.29. The van der Waals surface area contributed by atoms with Gasteiger partial charge in [0, 0.05) is 0 Å². The van der Waals surface area contributed by atoms with Crippen molar-refractivity contribution < 1.29 is 17.9 Å². The second-order valence-electron chi connectivity index (χ2n) is 6.29. The maximum absolute atomic E-state index is 12.6. The molecule has 5 heteroatoms. The first kappa shape index (κ1) is 18.7. The zero-order valence-electron chi connectivity index (χ0n) is 13.3. The van der Waals surface area contributed by atoms with Gasteiger partial charge in [-0.15, -0.1) is 13.2 Å². The average molecular weight is 328 g/mol. The number of hydrogen-bond donors (Lipinski definition) is 0. The molecule has 0 amide bonds. The van der Waals surface area contributed by atoms with E-state index in [4.69, 9.17) is 4.74 Å². The number of rotatable bonds is 7. The predicted molar refractivity (Wildman–Crippen MR) is 87.4 cm³/mol. The topological polar surface area (TPSA) is 9.23 Å². The number of halogens is 3. The Morgan fingerprint density at radius 2 is 1.68 bits per heavy atom. The van der Waals surface area contributed by atoms with Crippen LogP contribution in [0.1, 0.15) is 23.7 Å². The molecule has 0 fully saturated rings. The van der Waals surface area contributed by atoms with E-state index in [1.807, 2.05) is 0 Å². The van der Waals surface area contributed by atoms with Crippen LogP contribution < -0.4 is 0 Å². The highest BCUT2D eigenvalue weighted by atomic mass is 28.3. The lowest BCUT2D eigenvalue weighted by molar-refractivity contribution is -0.137. The van der Waals surface area contributed by atoms with Gasteiger partial charge in [-0.3, -0.25) is 0 Å². The van der Waals surface area contributed by atoms with E-state index in [2.05, 4.69) is 32.8 Å². The summed E-state index contributed by atoms with van der Waals surface area (Å²) in [5.41, 5.74) is -0.00295. The fraction of sp³-hybridized carbons (Fsp3) is 0.412. The molecule has 1 nitrogen and oxygen atoms in total. The number of alkyl halides is 3. The maximum atomic E-state index is 12.6. The molecule has 2 unspecified atom stereocenters. The number of hydrogen-bond acceptors (Lipinski definition) is 1. The van der Waals surface area contributed by atoms with E-state index in [0.29, 0.717) is 6.42 Å². The molecule has 0 saturated carbocycles. The van der Waals surface area contributed by atoms with E-state index in [0.717, 1.165) is 17.7 Å². The molecule has 0 aliphatic rings. The molecule has 0 aliphatic heterocycles. The van der Waals surface area contributed by atoms with Gasteiger partial charge in [0.1, 0.15) is 0 Å². The minimum Gasteiger partial charge on any atom is -0.369 e. The highest BCUT2D eigenvalue weighted by molar-refractivity contribution is 6.77. The van der Waals surface area contributed by atoms with Gasteiger partial charge in [0.15, 0.2) is 0 Å². The number of ether oxygens (including phenoxy) is 1. The summed E-state index contributed by atoms with van der Waals surface area (Å²) in [5.74, 6) is 0. The van der Waals surface area contributed by atoms with Gasteiger partial charge >= 0.3 is 6.18 Å². The lowest BCUT2D eigenvalue weighted by Gasteiger charge is -2.30. The van der Waals surface area contributed by atoms with Gasteiger partial charge in [0.05, 0.1) is 25.5 Å². The largest absolute Gasteiger partial charge is 0.416 e. The summed E-state index contributed by atoms with van der Waals surface area (Å²) in [5, 5.41) is 0. The molecule has 0 heterocycles. The molecule has 0 saturated heterocycles. The van der Waals surface area contributed by atoms with Crippen molar-refractivity contribution in [1.82, 2.24) is 0 Å². The molecule has 0 radical (unpaired) electrons. The van der Waals surface area contributed by atoms with Gasteiger partial charge in [0.25, 0.3) is 0 Å². The molecule has 0 aliphatic carbocycles. The summed E-state index contributed by atoms with van der Waals surface area (Å²) in [7, 11) is -1.61. The molecular weight excluding hydrogens is 305 g/mol. The quantitative estimate of drug-likeness (QED) is 0.456. The molecule has 1 aromatic carbocycles.